The van der Waals surface area contributed by atoms with Crippen molar-refractivity contribution in [2.45, 2.75) is 56.7 Å². The van der Waals surface area contributed by atoms with Crippen molar-refractivity contribution >= 4 is 0 Å². The predicted octanol–water partition coefficient (Wildman–Crippen LogP) is 2.76. The first-order valence-electron chi connectivity index (χ1n) is 8.43. The second-order valence-electron chi connectivity index (χ2n) is 6.53. The van der Waals surface area contributed by atoms with Crippen molar-refractivity contribution in [2.75, 3.05) is 19.8 Å². The highest BCUT2D eigenvalue weighted by molar-refractivity contribution is 5.21. The van der Waals surface area contributed by atoms with Crippen molar-refractivity contribution in [1.82, 2.24) is 4.90 Å². The summed E-state index contributed by atoms with van der Waals surface area (Å²) in [6.45, 7) is 5.03. The molecule has 1 saturated heterocycles. The fourth-order valence-electron chi connectivity index (χ4n) is 4.04. The van der Waals surface area contributed by atoms with Gasteiger partial charge in [-0.1, -0.05) is 37.3 Å². The normalized spacial score (nSPS) is 34.8. The van der Waals surface area contributed by atoms with Crippen LogP contribution in [0.15, 0.2) is 30.3 Å². The first-order chi connectivity index (χ1) is 10.3. The van der Waals surface area contributed by atoms with E-state index >= 15 is 0 Å². The van der Waals surface area contributed by atoms with E-state index in [1.807, 2.05) is 0 Å². The van der Waals surface area contributed by atoms with Crippen molar-refractivity contribution in [2.24, 2.45) is 5.73 Å². The largest absolute Gasteiger partial charge is 0.378 e. The molecule has 2 aliphatic rings. The molecular weight excluding hydrogens is 260 g/mol. The average molecular weight is 288 g/mol. The van der Waals surface area contributed by atoms with Gasteiger partial charge in [0.1, 0.15) is 0 Å². The smallest absolute Gasteiger partial charge is 0.0622 e. The molecule has 3 rings (SSSR count). The fraction of sp³-hybridized carbons (Fsp3) is 0.667. The lowest BCUT2D eigenvalue weighted by molar-refractivity contribution is -0.0429. The summed E-state index contributed by atoms with van der Waals surface area (Å²) in [4.78, 5) is 2.64. The van der Waals surface area contributed by atoms with E-state index in [4.69, 9.17) is 10.5 Å². The zero-order valence-corrected chi connectivity index (χ0v) is 13.1. The van der Waals surface area contributed by atoms with E-state index in [1.165, 1.54) is 18.4 Å². The van der Waals surface area contributed by atoms with Gasteiger partial charge in [0.05, 0.1) is 13.2 Å². The van der Waals surface area contributed by atoms with Crippen LogP contribution in [0.4, 0.5) is 0 Å². The zero-order chi connectivity index (χ0) is 14.7. The Labute approximate surface area is 128 Å². The lowest BCUT2D eigenvalue weighted by Crippen LogP contribution is -2.58. The molecule has 0 bridgehead atoms. The van der Waals surface area contributed by atoms with Crippen LogP contribution in [0.2, 0.25) is 0 Å². The summed E-state index contributed by atoms with van der Waals surface area (Å²) in [5.41, 5.74) is 7.97. The molecule has 21 heavy (non-hydrogen) atoms. The predicted molar refractivity (Wildman–Crippen MR) is 86.4 cm³/mol. The number of benzene rings is 1. The standard InChI is InChI=1S/C18H28N2O/c1-2-16-13-21-11-10-20(16)18-12-15(8-9-17(18)19)14-6-4-3-5-7-14/h3-7,15-18H,2,8-13,19H2,1H3. The number of hydrogen-bond acceptors (Lipinski definition) is 3. The molecule has 2 N–H and O–H groups in total. The Morgan fingerprint density at radius 3 is 2.81 bits per heavy atom. The maximum Gasteiger partial charge on any atom is 0.0622 e. The Balaban J connectivity index is 1.74. The van der Waals surface area contributed by atoms with Gasteiger partial charge in [-0.3, -0.25) is 4.90 Å². The lowest BCUT2D eigenvalue weighted by Gasteiger charge is -2.46. The van der Waals surface area contributed by atoms with Gasteiger partial charge in [0.25, 0.3) is 0 Å². The van der Waals surface area contributed by atoms with Crippen molar-refractivity contribution in [3.05, 3.63) is 35.9 Å². The summed E-state index contributed by atoms with van der Waals surface area (Å²) < 4.78 is 5.66. The van der Waals surface area contributed by atoms with Gasteiger partial charge in [-0.15, -0.1) is 0 Å². The van der Waals surface area contributed by atoms with Crippen molar-refractivity contribution < 1.29 is 4.74 Å². The molecule has 3 heteroatoms. The Kier molecular flexibility index (Phi) is 4.94. The van der Waals surface area contributed by atoms with Crippen molar-refractivity contribution in [3.63, 3.8) is 0 Å². The molecule has 1 aromatic rings. The fourth-order valence-corrected chi connectivity index (χ4v) is 4.04. The Morgan fingerprint density at radius 2 is 2.05 bits per heavy atom. The van der Waals surface area contributed by atoms with Gasteiger partial charge in [-0.25, -0.2) is 0 Å². The summed E-state index contributed by atoms with van der Waals surface area (Å²) in [5.74, 6) is 0.663. The molecular formula is C18H28N2O. The molecule has 1 heterocycles. The topological polar surface area (TPSA) is 38.5 Å². The summed E-state index contributed by atoms with van der Waals surface area (Å²) >= 11 is 0. The van der Waals surface area contributed by atoms with Gasteiger partial charge >= 0.3 is 0 Å². The number of morpholine rings is 1. The van der Waals surface area contributed by atoms with Gasteiger partial charge in [0.2, 0.25) is 0 Å². The third-order valence-corrected chi connectivity index (χ3v) is 5.31. The third-order valence-electron chi connectivity index (χ3n) is 5.31. The first kappa shape index (κ1) is 15.0. The highest BCUT2D eigenvalue weighted by Gasteiger charge is 2.36. The Hall–Kier alpha value is -0.900. The number of nitrogens with two attached hydrogens (primary N) is 1. The van der Waals surface area contributed by atoms with E-state index in [9.17, 15) is 0 Å². The molecule has 1 aliphatic heterocycles. The summed E-state index contributed by atoms with van der Waals surface area (Å²) in [7, 11) is 0. The maximum absolute atomic E-state index is 6.48. The molecule has 0 amide bonds. The van der Waals surface area contributed by atoms with Gasteiger partial charge in [-0.2, -0.15) is 0 Å². The van der Waals surface area contributed by atoms with E-state index in [0.29, 0.717) is 24.0 Å². The van der Waals surface area contributed by atoms with Gasteiger partial charge in [-0.05, 0) is 37.2 Å². The van der Waals surface area contributed by atoms with Crippen LogP contribution in [0.5, 0.6) is 0 Å². The monoisotopic (exact) mass is 288 g/mol. The number of hydrogen-bond donors (Lipinski definition) is 1. The van der Waals surface area contributed by atoms with E-state index in [2.05, 4.69) is 42.2 Å². The molecule has 4 atom stereocenters. The molecule has 1 aliphatic carbocycles. The molecule has 1 saturated carbocycles. The van der Waals surface area contributed by atoms with Crippen LogP contribution in [0.3, 0.4) is 0 Å². The average Bonchev–Trinajstić information content (AvgIpc) is 2.56. The molecule has 1 aromatic carbocycles. The summed E-state index contributed by atoms with van der Waals surface area (Å²) in [6, 6.07) is 12.3. The van der Waals surface area contributed by atoms with Crippen LogP contribution in [0.25, 0.3) is 0 Å². The third kappa shape index (κ3) is 3.31. The minimum absolute atomic E-state index is 0.317. The second kappa shape index (κ2) is 6.91. The lowest BCUT2D eigenvalue weighted by atomic mass is 9.78. The van der Waals surface area contributed by atoms with E-state index < -0.39 is 0 Å². The first-order valence-corrected chi connectivity index (χ1v) is 8.43. The maximum atomic E-state index is 6.48. The minimum Gasteiger partial charge on any atom is -0.378 e. The van der Waals surface area contributed by atoms with Crippen LogP contribution >= 0.6 is 0 Å². The molecule has 0 spiro atoms. The van der Waals surface area contributed by atoms with Crippen molar-refractivity contribution in [1.29, 1.82) is 0 Å². The molecule has 0 aromatic heterocycles. The number of rotatable bonds is 3. The molecule has 2 fully saturated rings. The quantitative estimate of drug-likeness (QED) is 0.929. The van der Waals surface area contributed by atoms with Crippen LogP contribution in [-0.2, 0) is 4.74 Å². The van der Waals surface area contributed by atoms with E-state index in [0.717, 1.165) is 32.6 Å². The van der Waals surface area contributed by atoms with Gasteiger partial charge in [0, 0.05) is 24.7 Å². The Bertz CT molecular complexity index is 436. The van der Waals surface area contributed by atoms with Crippen LogP contribution in [0, 0.1) is 0 Å². The van der Waals surface area contributed by atoms with Crippen LogP contribution in [-0.4, -0.2) is 42.8 Å². The minimum atomic E-state index is 0.317. The molecule has 4 unspecified atom stereocenters. The van der Waals surface area contributed by atoms with Crippen LogP contribution < -0.4 is 5.73 Å². The zero-order valence-electron chi connectivity index (χ0n) is 13.1. The SMILES string of the molecule is CCC1COCCN1C1CC(c2ccccc2)CCC1N. The molecule has 3 nitrogen and oxygen atoms in total. The second-order valence-corrected chi connectivity index (χ2v) is 6.53. The van der Waals surface area contributed by atoms with Gasteiger partial charge in [0.15, 0.2) is 0 Å². The van der Waals surface area contributed by atoms with E-state index in [1.54, 1.807) is 0 Å². The summed E-state index contributed by atoms with van der Waals surface area (Å²) in [6.07, 6.45) is 4.71. The van der Waals surface area contributed by atoms with Crippen molar-refractivity contribution in [3.8, 4) is 0 Å². The summed E-state index contributed by atoms with van der Waals surface area (Å²) in [5, 5.41) is 0. The number of nitrogens with zero attached hydrogens (tertiary/aromatic N) is 1. The van der Waals surface area contributed by atoms with Crippen LogP contribution in [0.1, 0.15) is 44.1 Å². The molecule has 116 valence electrons. The highest BCUT2D eigenvalue weighted by atomic mass is 16.5. The Morgan fingerprint density at radius 1 is 1.24 bits per heavy atom. The highest BCUT2D eigenvalue weighted by Crippen LogP contribution is 2.35. The molecule has 0 radical (unpaired) electrons. The van der Waals surface area contributed by atoms with E-state index in [-0.39, 0.29) is 0 Å². The number of ether oxygens (including phenoxy) is 1. The van der Waals surface area contributed by atoms with Gasteiger partial charge < -0.3 is 10.5 Å².